The molecule has 0 saturated carbocycles. The van der Waals surface area contributed by atoms with Crippen LogP contribution in [0.2, 0.25) is 0 Å². The Balaban J connectivity index is -0.000000129. The first-order valence-corrected chi connectivity index (χ1v) is 10.2. The van der Waals surface area contributed by atoms with Crippen molar-refractivity contribution in [1.82, 2.24) is 29.2 Å². The lowest BCUT2D eigenvalue weighted by Crippen LogP contribution is -2.42. The van der Waals surface area contributed by atoms with Crippen molar-refractivity contribution in [3.8, 4) is 0 Å². The molecule has 3 N–H and O–H groups in total. The summed E-state index contributed by atoms with van der Waals surface area (Å²) in [6, 6.07) is 7.76. The number of fused-ring (bicyclic) bond motifs is 1. The van der Waals surface area contributed by atoms with Gasteiger partial charge in [0.25, 0.3) is 0 Å². The average Bonchev–Trinajstić information content (AvgIpc) is 2.84. The van der Waals surface area contributed by atoms with Crippen LogP contribution in [0.5, 0.6) is 0 Å². The number of nitrogens with zero attached hydrogens (tertiary/aromatic N) is 6. The van der Waals surface area contributed by atoms with Crippen molar-refractivity contribution < 1.29 is 52.1 Å². The van der Waals surface area contributed by atoms with Gasteiger partial charge in [-0.2, -0.15) is 4.62 Å². The van der Waals surface area contributed by atoms with Crippen molar-refractivity contribution in [2.75, 3.05) is 42.3 Å². The summed E-state index contributed by atoms with van der Waals surface area (Å²) in [5.74, 6) is 0. The maximum atomic E-state index is 8.88. The average molecular weight is 515 g/mol. The van der Waals surface area contributed by atoms with Gasteiger partial charge in [-0.25, -0.2) is 4.57 Å². The molecule has 0 aliphatic rings. The van der Waals surface area contributed by atoms with E-state index in [0.717, 1.165) is 11.0 Å². The highest BCUT2D eigenvalue weighted by Gasteiger charge is 2.54. The minimum Gasteiger partial charge on any atom is -0.303 e. The summed E-state index contributed by atoms with van der Waals surface area (Å²) >= 11 is 0. The Morgan fingerprint density at radius 2 is 1.19 bits per heavy atom. The zero-order chi connectivity index (χ0) is 19.4. The molecule has 0 spiro atoms. The fraction of sp³-hybridized carbons (Fsp3) is 0.500. The molecule has 0 atom stereocenters. The molecule has 0 fully saturated rings. The van der Waals surface area contributed by atoms with Crippen LogP contribution in [0.1, 0.15) is 0 Å². The van der Waals surface area contributed by atoms with Crippen molar-refractivity contribution in [3.05, 3.63) is 24.3 Å². The molecule has 1 aromatic heterocycles. The summed E-state index contributed by atoms with van der Waals surface area (Å²) in [6.07, 6.45) is 0. The van der Waals surface area contributed by atoms with Gasteiger partial charge in [0.15, 0.2) is 0 Å². The molecule has 0 bridgehead atoms. The van der Waals surface area contributed by atoms with E-state index in [4.69, 9.17) is 23.9 Å². The number of hydrogen-bond acceptors (Lipinski definition) is 7. The minimum absolute atomic E-state index is 0. The van der Waals surface area contributed by atoms with Crippen molar-refractivity contribution >= 4 is 26.8 Å². The molecule has 0 amide bonds. The van der Waals surface area contributed by atoms with Gasteiger partial charge in [-0.05, 0) is 22.2 Å². The lowest BCUT2D eigenvalue weighted by Gasteiger charge is -2.35. The van der Waals surface area contributed by atoms with Gasteiger partial charge in [0, 0.05) is 42.3 Å². The quantitative estimate of drug-likeness (QED) is 0.395. The van der Waals surface area contributed by atoms with Crippen LogP contribution in [0.25, 0.3) is 11.0 Å². The fourth-order valence-electron chi connectivity index (χ4n) is 2.30. The molecule has 2 rings (SSSR count). The van der Waals surface area contributed by atoms with E-state index in [1.807, 2.05) is 66.6 Å². The van der Waals surface area contributed by atoms with Crippen LogP contribution in [0.4, 0.5) is 28.2 Å². The molecule has 190 valence electrons. The molecule has 31 heavy (non-hydrogen) atoms. The third-order valence-corrected chi connectivity index (χ3v) is 6.57. The van der Waals surface area contributed by atoms with E-state index >= 15 is 0 Å². The van der Waals surface area contributed by atoms with Crippen LogP contribution in [-0.2, 0) is 4.57 Å². The van der Waals surface area contributed by atoms with Crippen molar-refractivity contribution in [2.24, 2.45) is 0 Å². The van der Waals surface area contributed by atoms with Crippen LogP contribution in [-0.4, -0.2) is 86.1 Å². The molecular formula is C12H31F6N6O5P2+. The van der Waals surface area contributed by atoms with Crippen molar-refractivity contribution in [1.29, 1.82) is 0 Å². The number of halogens is 6. The Bertz CT molecular complexity index is 724. The normalized spacial score (nSPS) is 10.2. The van der Waals surface area contributed by atoms with Gasteiger partial charge in [0.1, 0.15) is 11.0 Å². The summed E-state index contributed by atoms with van der Waals surface area (Å²) in [5, 5.41) is 8.25. The van der Waals surface area contributed by atoms with E-state index < -0.39 is 15.8 Å². The van der Waals surface area contributed by atoms with Crippen LogP contribution >= 0.6 is 15.8 Å². The van der Waals surface area contributed by atoms with Gasteiger partial charge in [-0.1, -0.05) is 12.1 Å². The van der Waals surface area contributed by atoms with Gasteiger partial charge in [-0.3, -0.25) is 28.2 Å². The number of aromatic nitrogens is 3. The third kappa shape index (κ3) is 11.6. The zero-order valence-electron chi connectivity index (χ0n) is 17.5. The zero-order valence-corrected chi connectivity index (χ0v) is 19.3. The fourth-order valence-corrected chi connectivity index (χ4v) is 5.22. The van der Waals surface area contributed by atoms with Crippen molar-refractivity contribution in [3.63, 3.8) is 0 Å². The Labute approximate surface area is 175 Å². The monoisotopic (exact) mass is 515 g/mol. The van der Waals surface area contributed by atoms with Crippen LogP contribution in [0.3, 0.4) is 0 Å². The van der Waals surface area contributed by atoms with Gasteiger partial charge < -0.3 is 14.7 Å². The topological polar surface area (TPSA) is 127 Å². The van der Waals surface area contributed by atoms with Gasteiger partial charge in [0.2, 0.25) is 0 Å². The molecular weight excluding hydrogens is 484 g/mol. The molecule has 0 aliphatic carbocycles. The van der Waals surface area contributed by atoms with E-state index in [2.05, 4.69) is 24.3 Å². The van der Waals surface area contributed by atoms with Gasteiger partial charge in [0.05, 0.1) is 0 Å². The van der Waals surface area contributed by atoms with Crippen LogP contribution < -0.4 is 4.62 Å². The molecule has 0 aliphatic heterocycles. The lowest BCUT2D eigenvalue weighted by molar-refractivity contribution is 0.189. The smallest absolute Gasteiger partial charge is 0.303 e. The van der Waals surface area contributed by atoms with Crippen LogP contribution in [0.15, 0.2) is 24.3 Å². The lowest BCUT2D eigenvalue weighted by atomic mass is 10.3. The van der Waals surface area contributed by atoms with E-state index in [-0.39, 0.29) is 28.2 Å². The summed E-state index contributed by atoms with van der Waals surface area (Å²) in [5.41, 5.74) is 1.68. The number of rotatable bonds is 5. The number of phosphoric acid groups is 1. The molecule has 1 heterocycles. The highest BCUT2D eigenvalue weighted by Crippen LogP contribution is 2.61. The maximum Gasteiger partial charge on any atom is 0.466 e. The van der Waals surface area contributed by atoms with Gasteiger partial charge >= 0.3 is 15.8 Å². The predicted molar refractivity (Wildman–Crippen MR) is 111 cm³/mol. The first kappa shape index (κ1) is 43.3. The molecule has 11 nitrogen and oxygen atoms in total. The molecule has 0 saturated heterocycles. The largest absolute Gasteiger partial charge is 0.466 e. The second kappa shape index (κ2) is 17.0. The van der Waals surface area contributed by atoms with E-state index in [1.54, 1.807) is 0 Å². The molecule has 0 unspecified atom stereocenters. The van der Waals surface area contributed by atoms with Crippen LogP contribution in [0, 0.1) is 0 Å². The number of para-hydroxylation sites is 1. The second-order valence-corrected chi connectivity index (χ2v) is 10.2. The minimum atomic E-state index is -4.64. The number of benzene rings is 1. The Morgan fingerprint density at radius 1 is 0.839 bits per heavy atom. The SMILES string of the molecule is CN(C)[P+](On1nnc2ccccc21)(N(C)C)N(C)C.F.F.F.F.F.F.O=P(O)(O)O. The highest BCUT2D eigenvalue weighted by atomic mass is 31.2. The Hall–Kier alpha value is -1.58. The highest BCUT2D eigenvalue weighted by molar-refractivity contribution is 7.64. The predicted octanol–water partition coefficient (Wildman–Crippen LogP) is 1.21. The molecule has 19 heteroatoms. The van der Waals surface area contributed by atoms with E-state index in [9.17, 15) is 0 Å². The second-order valence-electron chi connectivity index (χ2n) is 5.60. The third-order valence-electron chi connectivity index (χ3n) is 3.07. The summed E-state index contributed by atoms with van der Waals surface area (Å²) in [6.45, 7) is 0. The summed E-state index contributed by atoms with van der Waals surface area (Å²) in [7, 11) is 5.26. The van der Waals surface area contributed by atoms with Crippen molar-refractivity contribution in [2.45, 2.75) is 0 Å². The van der Waals surface area contributed by atoms with E-state index in [0.29, 0.717) is 0 Å². The van der Waals surface area contributed by atoms with E-state index in [1.165, 1.54) is 4.85 Å². The molecule has 2 aromatic rings. The summed E-state index contributed by atoms with van der Waals surface area (Å²) in [4.78, 5) is 23.1. The summed E-state index contributed by atoms with van der Waals surface area (Å²) < 4.78 is 21.4. The standard InChI is InChI=1S/C12H22N6OP.6FH.H3O4P/c1-15(2)20(16(3)4,17(5)6)19-18-12-10-8-7-9-11(12)13-14-18;;;;;;;1-5(2,3)4/h7-10H,1-6H3;6*1H;(H3,1,2,3,4)/q+1;;;;;;;. The Morgan fingerprint density at radius 3 is 1.55 bits per heavy atom. The van der Waals surface area contributed by atoms with Gasteiger partial charge in [-0.15, -0.1) is 19.1 Å². The first-order chi connectivity index (χ1) is 11.4. The molecule has 0 radical (unpaired) electrons. The Kier molecular flexibility index (Phi) is 23.8. The maximum absolute atomic E-state index is 8.88. The number of hydrogen-bond donors (Lipinski definition) is 3. The molecule has 1 aromatic carbocycles. The first-order valence-electron chi connectivity index (χ1n) is 7.11.